The number of nitrogens with one attached hydrogen (secondary N) is 1. The van der Waals surface area contributed by atoms with Crippen molar-refractivity contribution in [1.29, 1.82) is 0 Å². The van der Waals surface area contributed by atoms with Gasteiger partial charge in [0.25, 0.3) is 0 Å². The van der Waals surface area contributed by atoms with Crippen molar-refractivity contribution in [3.63, 3.8) is 0 Å². The Labute approximate surface area is 156 Å². The molecule has 7 nitrogen and oxygen atoms in total. The molecule has 2 aliphatic carbocycles. The smallest absolute Gasteiger partial charge is 0.313 e. The maximum Gasteiger partial charge on any atom is 0.313 e. The number of ether oxygens (including phenoxy) is 1. The van der Waals surface area contributed by atoms with Gasteiger partial charge in [-0.1, -0.05) is 29.8 Å². The molecule has 3 aliphatic rings. The highest BCUT2D eigenvalue weighted by Crippen LogP contribution is 2.50. The molecule has 6 atom stereocenters. The van der Waals surface area contributed by atoms with Crippen molar-refractivity contribution in [2.24, 2.45) is 23.7 Å². The van der Waals surface area contributed by atoms with Gasteiger partial charge in [-0.3, -0.25) is 19.7 Å². The lowest BCUT2D eigenvalue weighted by atomic mass is 9.61. The second kappa shape index (κ2) is 6.79. The summed E-state index contributed by atoms with van der Waals surface area (Å²) in [7, 11) is 0. The SMILES string of the molecule is C[C@H]1OC(=O)[C@@H]2C=C3C[C@H]([N+](=O)[O-])CC[C@@H]3[C@H](C(=O)Nc3ccccc3)[C@H]12. The Balaban J connectivity index is 1.66. The van der Waals surface area contributed by atoms with Crippen molar-refractivity contribution in [2.45, 2.75) is 38.3 Å². The van der Waals surface area contributed by atoms with E-state index in [1.807, 2.05) is 43.3 Å². The zero-order chi connectivity index (χ0) is 19.1. The quantitative estimate of drug-likeness (QED) is 0.382. The van der Waals surface area contributed by atoms with Crippen LogP contribution in [0.5, 0.6) is 0 Å². The number of para-hydroxylation sites is 1. The van der Waals surface area contributed by atoms with Gasteiger partial charge in [0.15, 0.2) is 0 Å². The molecule has 0 unspecified atom stereocenters. The first-order valence-electron chi connectivity index (χ1n) is 9.36. The number of cyclic esters (lactones) is 1. The number of hydrogen-bond acceptors (Lipinski definition) is 5. The number of esters is 1. The number of hydrogen-bond donors (Lipinski definition) is 1. The standard InChI is InChI=1S/C20H22N2O5/c1-11-17-16(20(24)27-11)10-12-9-14(22(25)26)7-8-15(12)18(17)19(23)21-13-5-3-2-4-6-13/h2-6,10-11,14-18H,7-9H2,1H3,(H,21,23)/t11-,14-,15+,16-,17-,18+/m1/s1. The first-order valence-corrected chi connectivity index (χ1v) is 9.36. The molecule has 1 saturated carbocycles. The number of carbonyl (C=O) groups excluding carboxylic acids is 2. The summed E-state index contributed by atoms with van der Waals surface area (Å²) >= 11 is 0. The molecule has 1 amide bonds. The Morgan fingerprint density at radius 3 is 2.70 bits per heavy atom. The topological polar surface area (TPSA) is 98.5 Å². The molecular weight excluding hydrogens is 348 g/mol. The minimum absolute atomic E-state index is 0.0805. The Morgan fingerprint density at radius 1 is 1.26 bits per heavy atom. The minimum atomic E-state index is -0.642. The second-order valence-electron chi connectivity index (χ2n) is 7.69. The van der Waals surface area contributed by atoms with Gasteiger partial charge in [0.1, 0.15) is 6.10 Å². The fourth-order valence-electron chi connectivity index (χ4n) is 4.95. The number of amides is 1. The molecular formula is C20H22N2O5. The predicted octanol–water partition coefficient (Wildman–Crippen LogP) is 2.80. The molecule has 1 aliphatic heterocycles. The highest BCUT2D eigenvalue weighted by molar-refractivity contribution is 5.94. The van der Waals surface area contributed by atoms with Crippen LogP contribution < -0.4 is 5.32 Å². The summed E-state index contributed by atoms with van der Waals surface area (Å²) in [6.07, 6.45) is 2.83. The van der Waals surface area contributed by atoms with Crippen LogP contribution in [0.25, 0.3) is 0 Å². The monoisotopic (exact) mass is 370 g/mol. The van der Waals surface area contributed by atoms with Crippen LogP contribution in [0.3, 0.4) is 0 Å². The molecule has 0 aromatic heterocycles. The molecule has 0 bridgehead atoms. The van der Waals surface area contributed by atoms with Crippen LogP contribution in [0.2, 0.25) is 0 Å². The minimum Gasteiger partial charge on any atom is -0.462 e. The van der Waals surface area contributed by atoms with Crippen LogP contribution in [0.15, 0.2) is 42.0 Å². The van der Waals surface area contributed by atoms with E-state index in [0.717, 1.165) is 5.57 Å². The molecule has 27 heavy (non-hydrogen) atoms. The lowest BCUT2D eigenvalue weighted by Gasteiger charge is -2.41. The van der Waals surface area contributed by atoms with Crippen LogP contribution >= 0.6 is 0 Å². The normalized spacial score (nSPS) is 34.7. The summed E-state index contributed by atoms with van der Waals surface area (Å²) in [5, 5.41) is 14.2. The van der Waals surface area contributed by atoms with Gasteiger partial charge in [0, 0.05) is 29.4 Å². The van der Waals surface area contributed by atoms with Gasteiger partial charge in [-0.2, -0.15) is 0 Å². The maximum absolute atomic E-state index is 13.2. The molecule has 7 heteroatoms. The summed E-state index contributed by atoms with van der Waals surface area (Å²) in [4.78, 5) is 36.5. The number of nitro groups is 1. The fraction of sp³-hybridized carbons (Fsp3) is 0.500. The third kappa shape index (κ3) is 3.11. The first kappa shape index (κ1) is 17.7. The van der Waals surface area contributed by atoms with E-state index in [0.29, 0.717) is 24.9 Å². The number of benzene rings is 1. The van der Waals surface area contributed by atoms with Crippen molar-refractivity contribution >= 4 is 17.6 Å². The van der Waals surface area contributed by atoms with Gasteiger partial charge < -0.3 is 10.1 Å². The lowest BCUT2D eigenvalue weighted by Crippen LogP contribution is -2.46. The van der Waals surface area contributed by atoms with Crippen LogP contribution in [0.4, 0.5) is 5.69 Å². The van der Waals surface area contributed by atoms with Crippen molar-refractivity contribution in [3.8, 4) is 0 Å². The van der Waals surface area contributed by atoms with E-state index in [-0.39, 0.29) is 34.7 Å². The zero-order valence-electron chi connectivity index (χ0n) is 15.0. The van der Waals surface area contributed by atoms with Gasteiger partial charge in [0.2, 0.25) is 11.9 Å². The van der Waals surface area contributed by atoms with E-state index in [1.54, 1.807) is 0 Å². The van der Waals surface area contributed by atoms with Crippen LogP contribution in [-0.4, -0.2) is 28.9 Å². The van der Waals surface area contributed by atoms with Crippen LogP contribution in [-0.2, 0) is 14.3 Å². The highest BCUT2D eigenvalue weighted by Gasteiger charge is 2.55. The summed E-state index contributed by atoms with van der Waals surface area (Å²) in [5.41, 5.74) is 1.57. The molecule has 0 spiro atoms. The Hall–Kier alpha value is -2.70. The number of fused-ring (bicyclic) bond motifs is 2. The van der Waals surface area contributed by atoms with E-state index >= 15 is 0 Å². The van der Waals surface area contributed by atoms with Gasteiger partial charge in [0.05, 0.1) is 11.8 Å². The maximum atomic E-state index is 13.2. The van der Waals surface area contributed by atoms with E-state index < -0.39 is 17.9 Å². The summed E-state index contributed by atoms with van der Waals surface area (Å²) in [6.45, 7) is 1.83. The van der Waals surface area contributed by atoms with Gasteiger partial charge >= 0.3 is 5.97 Å². The zero-order valence-corrected chi connectivity index (χ0v) is 15.0. The van der Waals surface area contributed by atoms with Gasteiger partial charge in [-0.05, 0) is 31.4 Å². The molecule has 2 fully saturated rings. The average Bonchev–Trinajstić information content (AvgIpc) is 2.93. The second-order valence-corrected chi connectivity index (χ2v) is 7.69. The van der Waals surface area contributed by atoms with Crippen molar-refractivity contribution in [3.05, 3.63) is 52.1 Å². The fourth-order valence-corrected chi connectivity index (χ4v) is 4.95. The molecule has 1 heterocycles. The van der Waals surface area contributed by atoms with Gasteiger partial charge in [-0.15, -0.1) is 0 Å². The lowest BCUT2D eigenvalue weighted by molar-refractivity contribution is -0.524. The summed E-state index contributed by atoms with van der Waals surface area (Å²) < 4.78 is 5.42. The van der Waals surface area contributed by atoms with Crippen LogP contribution in [0.1, 0.15) is 26.2 Å². The molecule has 142 valence electrons. The predicted molar refractivity (Wildman–Crippen MR) is 97.3 cm³/mol. The molecule has 1 aromatic rings. The number of anilines is 1. The average molecular weight is 370 g/mol. The van der Waals surface area contributed by atoms with Crippen molar-refractivity contribution in [1.82, 2.24) is 0 Å². The van der Waals surface area contributed by atoms with E-state index in [2.05, 4.69) is 5.32 Å². The van der Waals surface area contributed by atoms with E-state index in [4.69, 9.17) is 4.74 Å². The first-order chi connectivity index (χ1) is 13.0. The molecule has 4 rings (SSSR count). The van der Waals surface area contributed by atoms with Crippen LogP contribution in [0, 0.1) is 33.8 Å². The molecule has 0 radical (unpaired) electrons. The Morgan fingerprint density at radius 2 is 2.00 bits per heavy atom. The Kier molecular flexibility index (Phi) is 4.45. The van der Waals surface area contributed by atoms with Crippen molar-refractivity contribution in [2.75, 3.05) is 5.32 Å². The van der Waals surface area contributed by atoms with Gasteiger partial charge in [-0.25, -0.2) is 0 Å². The van der Waals surface area contributed by atoms with E-state index in [1.165, 1.54) is 0 Å². The largest absolute Gasteiger partial charge is 0.462 e. The van der Waals surface area contributed by atoms with Crippen molar-refractivity contribution < 1.29 is 19.2 Å². The number of nitrogens with zero attached hydrogens (tertiary/aromatic N) is 1. The summed E-state index contributed by atoms with van der Waals surface area (Å²) in [5.74, 6) is -1.71. The van der Waals surface area contributed by atoms with E-state index in [9.17, 15) is 19.7 Å². The third-order valence-electron chi connectivity index (χ3n) is 6.17. The number of carbonyl (C=O) groups is 2. The summed E-state index contributed by atoms with van der Waals surface area (Å²) in [6, 6.07) is 8.56. The molecule has 1 aromatic carbocycles. The molecule has 1 N–H and O–H groups in total. The third-order valence-corrected chi connectivity index (χ3v) is 6.17. The Bertz CT molecular complexity index is 806. The highest BCUT2D eigenvalue weighted by atomic mass is 16.6. The molecule has 1 saturated heterocycles. The number of rotatable bonds is 3.